The molecule has 1 unspecified atom stereocenters. The Hall–Kier alpha value is -2.08. The first-order valence-corrected chi connectivity index (χ1v) is 5.84. The fraction of sp³-hybridized carbons (Fsp3) is 0.0833. The maximum Gasteiger partial charge on any atom is 0.332 e. The van der Waals surface area contributed by atoms with Gasteiger partial charge in [0.15, 0.2) is 0 Å². The first-order chi connectivity index (χ1) is 8.59. The second-order valence-corrected chi connectivity index (χ2v) is 4.44. The average molecular weight is 263 g/mol. The van der Waals surface area contributed by atoms with E-state index in [1.807, 2.05) is 12.1 Å². The lowest BCUT2D eigenvalue weighted by Gasteiger charge is -2.19. The van der Waals surface area contributed by atoms with Crippen molar-refractivity contribution >= 4 is 30.1 Å². The Bertz CT molecular complexity index is 565. The van der Waals surface area contributed by atoms with Crippen LogP contribution in [-0.2, 0) is 9.59 Å². The SMILES string of the molecule is O=C(O)C=C(C(=O)O)C1C=NSc2ccccc21. The van der Waals surface area contributed by atoms with E-state index in [0.717, 1.165) is 10.5 Å². The molecular weight excluding hydrogens is 254 g/mol. The molecule has 1 aliphatic rings. The van der Waals surface area contributed by atoms with Crippen molar-refractivity contribution in [1.82, 2.24) is 0 Å². The molecule has 6 heteroatoms. The van der Waals surface area contributed by atoms with Crippen molar-refractivity contribution in [1.29, 1.82) is 0 Å². The number of carbonyl (C=O) groups is 2. The summed E-state index contributed by atoms with van der Waals surface area (Å²) in [5.41, 5.74) is 0.561. The van der Waals surface area contributed by atoms with Gasteiger partial charge in [-0.3, -0.25) is 0 Å². The number of carboxylic acids is 2. The Morgan fingerprint density at radius 3 is 2.67 bits per heavy atom. The molecule has 1 heterocycles. The van der Waals surface area contributed by atoms with Gasteiger partial charge in [0.1, 0.15) is 0 Å². The van der Waals surface area contributed by atoms with E-state index in [9.17, 15) is 9.59 Å². The van der Waals surface area contributed by atoms with Gasteiger partial charge < -0.3 is 10.2 Å². The fourth-order valence-corrected chi connectivity index (χ4v) is 2.45. The predicted molar refractivity (Wildman–Crippen MR) is 66.9 cm³/mol. The van der Waals surface area contributed by atoms with Crippen LogP contribution in [-0.4, -0.2) is 28.4 Å². The van der Waals surface area contributed by atoms with Gasteiger partial charge in [0.25, 0.3) is 0 Å². The van der Waals surface area contributed by atoms with Gasteiger partial charge in [0, 0.05) is 29.1 Å². The molecule has 0 amide bonds. The molecule has 2 N–H and O–H groups in total. The fourth-order valence-electron chi connectivity index (χ4n) is 1.71. The molecule has 0 aromatic heterocycles. The highest BCUT2D eigenvalue weighted by Gasteiger charge is 2.26. The molecule has 0 radical (unpaired) electrons. The topological polar surface area (TPSA) is 87.0 Å². The lowest BCUT2D eigenvalue weighted by atomic mass is 9.91. The highest BCUT2D eigenvalue weighted by molar-refractivity contribution is 7.98. The molecule has 0 fully saturated rings. The molecule has 18 heavy (non-hydrogen) atoms. The summed E-state index contributed by atoms with van der Waals surface area (Å²) in [6.45, 7) is 0. The van der Waals surface area contributed by atoms with E-state index in [-0.39, 0.29) is 5.57 Å². The summed E-state index contributed by atoms with van der Waals surface area (Å²) < 4.78 is 4.01. The van der Waals surface area contributed by atoms with E-state index in [4.69, 9.17) is 10.2 Å². The van der Waals surface area contributed by atoms with E-state index in [1.54, 1.807) is 12.1 Å². The quantitative estimate of drug-likeness (QED) is 0.643. The summed E-state index contributed by atoms with van der Waals surface area (Å²) >= 11 is 1.24. The predicted octanol–water partition coefficient (Wildman–Crippen LogP) is 1.96. The standard InChI is InChI=1S/C12H9NO4S/c14-11(15)5-8(12(16)17)9-6-13-18-10-4-2-1-3-7(9)10/h1-6,9H,(H,14,15)(H,16,17). The molecule has 2 rings (SSSR count). The van der Waals surface area contributed by atoms with Crippen molar-refractivity contribution in [3.63, 3.8) is 0 Å². The minimum Gasteiger partial charge on any atom is -0.478 e. The zero-order valence-corrected chi connectivity index (χ0v) is 9.92. The average Bonchev–Trinajstić information content (AvgIpc) is 2.35. The number of hydrogen-bond acceptors (Lipinski definition) is 4. The highest BCUT2D eigenvalue weighted by Crippen LogP contribution is 2.36. The van der Waals surface area contributed by atoms with Crippen molar-refractivity contribution in [2.24, 2.45) is 4.40 Å². The van der Waals surface area contributed by atoms with Gasteiger partial charge in [0.2, 0.25) is 0 Å². The Balaban J connectivity index is 2.49. The number of rotatable bonds is 3. The van der Waals surface area contributed by atoms with Crippen molar-refractivity contribution < 1.29 is 19.8 Å². The van der Waals surface area contributed by atoms with Crippen LogP contribution in [0, 0.1) is 0 Å². The van der Waals surface area contributed by atoms with Crippen LogP contribution in [0.4, 0.5) is 0 Å². The lowest BCUT2D eigenvalue weighted by Crippen LogP contribution is -2.16. The van der Waals surface area contributed by atoms with Crippen molar-refractivity contribution in [2.75, 3.05) is 0 Å². The van der Waals surface area contributed by atoms with E-state index in [0.29, 0.717) is 6.08 Å². The van der Waals surface area contributed by atoms with Crippen LogP contribution >= 0.6 is 11.9 Å². The molecule has 0 aliphatic carbocycles. The first kappa shape index (κ1) is 12.4. The molecule has 0 spiro atoms. The van der Waals surface area contributed by atoms with Gasteiger partial charge in [-0.2, -0.15) is 0 Å². The maximum atomic E-state index is 11.1. The Morgan fingerprint density at radius 1 is 1.28 bits per heavy atom. The Labute approximate surface area is 107 Å². The van der Waals surface area contributed by atoms with Gasteiger partial charge in [-0.05, 0) is 11.6 Å². The molecule has 0 saturated carbocycles. The van der Waals surface area contributed by atoms with Gasteiger partial charge in [-0.15, -0.1) is 0 Å². The van der Waals surface area contributed by atoms with Crippen molar-refractivity contribution in [3.05, 3.63) is 41.5 Å². The summed E-state index contributed by atoms with van der Waals surface area (Å²) in [6, 6.07) is 7.21. The highest BCUT2D eigenvalue weighted by atomic mass is 32.2. The van der Waals surface area contributed by atoms with Crippen LogP contribution in [0.3, 0.4) is 0 Å². The number of benzene rings is 1. The molecule has 1 atom stereocenters. The van der Waals surface area contributed by atoms with Gasteiger partial charge >= 0.3 is 11.9 Å². The molecule has 5 nitrogen and oxygen atoms in total. The van der Waals surface area contributed by atoms with E-state index < -0.39 is 17.9 Å². The van der Waals surface area contributed by atoms with E-state index in [1.165, 1.54) is 18.2 Å². The maximum absolute atomic E-state index is 11.1. The Kier molecular flexibility index (Phi) is 3.47. The van der Waals surface area contributed by atoms with Crippen LogP contribution in [0.25, 0.3) is 0 Å². The van der Waals surface area contributed by atoms with Gasteiger partial charge in [-0.1, -0.05) is 18.2 Å². The number of carboxylic acid groups (broad SMARTS) is 2. The van der Waals surface area contributed by atoms with Crippen LogP contribution in [0.1, 0.15) is 11.5 Å². The Morgan fingerprint density at radius 2 is 2.00 bits per heavy atom. The molecule has 0 saturated heterocycles. The third kappa shape index (κ3) is 2.43. The summed E-state index contributed by atoms with van der Waals surface area (Å²) in [6.07, 6.45) is 2.17. The zero-order chi connectivity index (χ0) is 13.1. The van der Waals surface area contributed by atoms with Crippen LogP contribution in [0.2, 0.25) is 0 Å². The number of hydrogen-bond donors (Lipinski definition) is 2. The van der Waals surface area contributed by atoms with Crippen LogP contribution < -0.4 is 0 Å². The van der Waals surface area contributed by atoms with E-state index >= 15 is 0 Å². The van der Waals surface area contributed by atoms with Gasteiger partial charge in [-0.25, -0.2) is 14.0 Å². The third-order valence-corrected chi connectivity index (χ3v) is 3.27. The summed E-state index contributed by atoms with van der Waals surface area (Å²) in [5, 5.41) is 17.8. The first-order valence-electron chi connectivity index (χ1n) is 5.07. The summed E-state index contributed by atoms with van der Waals surface area (Å²) in [5.74, 6) is -3.16. The molecule has 92 valence electrons. The molecule has 1 aliphatic heterocycles. The second kappa shape index (κ2) is 5.05. The minimum absolute atomic E-state index is 0.195. The molecule has 1 aromatic carbocycles. The summed E-state index contributed by atoms with van der Waals surface area (Å²) in [4.78, 5) is 22.7. The molecule has 0 bridgehead atoms. The lowest BCUT2D eigenvalue weighted by molar-refractivity contribution is -0.135. The van der Waals surface area contributed by atoms with Gasteiger partial charge in [0.05, 0.1) is 11.5 Å². The molecule has 1 aromatic rings. The number of aliphatic carboxylic acids is 2. The zero-order valence-electron chi connectivity index (χ0n) is 9.11. The number of fused-ring (bicyclic) bond motifs is 1. The van der Waals surface area contributed by atoms with Crippen LogP contribution in [0.15, 0.2) is 45.2 Å². The normalized spacial score (nSPS) is 18.2. The second-order valence-electron chi connectivity index (χ2n) is 3.60. The smallest absolute Gasteiger partial charge is 0.332 e. The van der Waals surface area contributed by atoms with Crippen molar-refractivity contribution in [2.45, 2.75) is 10.8 Å². The monoisotopic (exact) mass is 263 g/mol. The largest absolute Gasteiger partial charge is 0.478 e. The number of nitrogens with zero attached hydrogens (tertiary/aromatic N) is 1. The third-order valence-electron chi connectivity index (χ3n) is 2.48. The van der Waals surface area contributed by atoms with E-state index in [2.05, 4.69) is 4.40 Å². The minimum atomic E-state index is -1.28. The molecular formula is C12H9NO4S. The van der Waals surface area contributed by atoms with Crippen LogP contribution in [0.5, 0.6) is 0 Å². The van der Waals surface area contributed by atoms with Crippen molar-refractivity contribution in [3.8, 4) is 0 Å². The summed E-state index contributed by atoms with van der Waals surface area (Å²) in [7, 11) is 0.